The lowest BCUT2D eigenvalue weighted by molar-refractivity contribution is -0.136. The van der Waals surface area contributed by atoms with E-state index in [0.717, 1.165) is 12.1 Å². The van der Waals surface area contributed by atoms with Crippen LogP contribution in [-0.2, 0) is 6.18 Å². The lowest BCUT2D eigenvalue weighted by atomic mass is 10.1. The molecule has 0 aliphatic carbocycles. The fourth-order valence-corrected chi connectivity index (χ4v) is 1.83. The van der Waals surface area contributed by atoms with Crippen molar-refractivity contribution in [1.82, 2.24) is 0 Å². The zero-order valence-electron chi connectivity index (χ0n) is 9.93. The molecule has 0 bridgehead atoms. The van der Waals surface area contributed by atoms with Gasteiger partial charge in [-0.1, -0.05) is 17.7 Å². The summed E-state index contributed by atoms with van der Waals surface area (Å²) in [6, 6.07) is 7.23. The second-order valence-corrected chi connectivity index (χ2v) is 4.44. The number of hydrogen-bond acceptors (Lipinski definition) is 2. The van der Waals surface area contributed by atoms with Crippen molar-refractivity contribution in [1.29, 1.82) is 0 Å². The minimum atomic E-state index is -4.60. The van der Waals surface area contributed by atoms with Gasteiger partial charge in [0.15, 0.2) is 5.82 Å². The molecule has 0 aromatic heterocycles. The molecule has 0 saturated carbocycles. The third-order valence-electron chi connectivity index (χ3n) is 2.57. The van der Waals surface area contributed by atoms with Gasteiger partial charge in [0.1, 0.15) is 0 Å². The van der Waals surface area contributed by atoms with Crippen molar-refractivity contribution >= 4 is 28.7 Å². The Kier molecular flexibility index (Phi) is 3.76. The Morgan fingerprint density at radius 2 is 1.75 bits per heavy atom. The maximum absolute atomic E-state index is 13.7. The highest BCUT2D eigenvalue weighted by Crippen LogP contribution is 2.38. The van der Waals surface area contributed by atoms with Gasteiger partial charge in [-0.25, -0.2) is 4.39 Å². The monoisotopic (exact) mass is 304 g/mol. The second kappa shape index (κ2) is 5.20. The normalized spacial score (nSPS) is 11.4. The van der Waals surface area contributed by atoms with Crippen LogP contribution in [0.1, 0.15) is 5.56 Å². The van der Waals surface area contributed by atoms with Gasteiger partial charge in [-0.15, -0.1) is 0 Å². The molecular formula is C13H9ClF4N2. The lowest BCUT2D eigenvalue weighted by Crippen LogP contribution is -2.10. The van der Waals surface area contributed by atoms with Gasteiger partial charge in [-0.05, 0) is 30.3 Å². The topological polar surface area (TPSA) is 38.0 Å². The Hall–Kier alpha value is -1.95. The highest BCUT2D eigenvalue weighted by atomic mass is 35.5. The molecule has 0 radical (unpaired) electrons. The third-order valence-corrected chi connectivity index (χ3v) is 2.86. The number of halogens is 5. The summed E-state index contributed by atoms with van der Waals surface area (Å²) in [6.07, 6.45) is -4.60. The molecule has 0 unspecified atom stereocenters. The largest absolute Gasteiger partial charge is 0.418 e. The summed E-state index contributed by atoms with van der Waals surface area (Å²) >= 11 is 5.58. The molecule has 2 aromatic rings. The molecule has 7 heteroatoms. The van der Waals surface area contributed by atoms with Crippen molar-refractivity contribution in [3.8, 4) is 0 Å². The minimum Gasteiger partial charge on any atom is -0.399 e. The number of anilines is 3. The first-order valence-electron chi connectivity index (χ1n) is 5.47. The number of nitrogen functional groups attached to an aromatic ring is 1. The van der Waals surface area contributed by atoms with Crippen molar-refractivity contribution in [3.63, 3.8) is 0 Å². The fraction of sp³-hybridized carbons (Fsp3) is 0.0769. The van der Waals surface area contributed by atoms with Crippen molar-refractivity contribution in [2.45, 2.75) is 6.18 Å². The van der Waals surface area contributed by atoms with Crippen LogP contribution < -0.4 is 11.1 Å². The van der Waals surface area contributed by atoms with Gasteiger partial charge in [-0.3, -0.25) is 0 Å². The number of nitrogens with two attached hydrogens (primary N) is 1. The van der Waals surface area contributed by atoms with Crippen LogP contribution >= 0.6 is 11.6 Å². The Labute approximate surface area is 117 Å². The Bertz CT molecular complexity index is 641. The van der Waals surface area contributed by atoms with Crippen molar-refractivity contribution in [2.24, 2.45) is 0 Å². The fourth-order valence-electron chi connectivity index (χ4n) is 1.65. The maximum Gasteiger partial charge on any atom is 0.418 e. The van der Waals surface area contributed by atoms with E-state index in [0.29, 0.717) is 0 Å². The first kappa shape index (κ1) is 14.5. The number of benzene rings is 2. The van der Waals surface area contributed by atoms with Crippen LogP contribution in [0.4, 0.5) is 34.6 Å². The van der Waals surface area contributed by atoms with Gasteiger partial charge in [0.2, 0.25) is 0 Å². The van der Waals surface area contributed by atoms with Crippen LogP contribution in [0, 0.1) is 5.82 Å². The highest BCUT2D eigenvalue weighted by Gasteiger charge is 2.34. The Morgan fingerprint density at radius 1 is 1.05 bits per heavy atom. The molecule has 0 spiro atoms. The maximum atomic E-state index is 13.7. The molecule has 0 heterocycles. The van der Waals surface area contributed by atoms with Crippen LogP contribution in [0.25, 0.3) is 0 Å². The van der Waals surface area contributed by atoms with Crippen LogP contribution in [-0.4, -0.2) is 0 Å². The van der Waals surface area contributed by atoms with E-state index in [2.05, 4.69) is 5.32 Å². The molecule has 0 fully saturated rings. The van der Waals surface area contributed by atoms with Crippen molar-refractivity contribution in [2.75, 3.05) is 11.1 Å². The van der Waals surface area contributed by atoms with E-state index < -0.39 is 17.6 Å². The van der Waals surface area contributed by atoms with E-state index in [1.165, 1.54) is 24.3 Å². The summed E-state index contributed by atoms with van der Waals surface area (Å²) in [5, 5.41) is 2.20. The van der Waals surface area contributed by atoms with Gasteiger partial charge in [-0.2, -0.15) is 13.2 Å². The quantitative estimate of drug-likeness (QED) is 0.616. The Balaban J connectivity index is 2.46. The van der Waals surface area contributed by atoms with E-state index in [1.807, 2.05) is 0 Å². The number of nitrogens with one attached hydrogen (secondary N) is 1. The molecule has 2 aromatic carbocycles. The first-order valence-corrected chi connectivity index (χ1v) is 5.84. The molecule has 0 saturated heterocycles. The molecular weight excluding hydrogens is 296 g/mol. The standard InChI is InChI=1S/C13H9ClF4N2/c14-9-2-1-3-11(12(9)15)20-10-5-4-7(19)6-8(10)13(16,17)18/h1-6,20H,19H2. The average molecular weight is 305 g/mol. The van der Waals surface area contributed by atoms with Gasteiger partial charge in [0.25, 0.3) is 0 Å². The van der Waals surface area contributed by atoms with Gasteiger partial charge >= 0.3 is 6.18 Å². The highest BCUT2D eigenvalue weighted by molar-refractivity contribution is 6.31. The van der Waals surface area contributed by atoms with Crippen molar-refractivity contribution < 1.29 is 17.6 Å². The van der Waals surface area contributed by atoms with E-state index >= 15 is 0 Å². The second-order valence-electron chi connectivity index (χ2n) is 4.03. The summed E-state index contributed by atoms with van der Waals surface area (Å²) in [5.41, 5.74) is 3.90. The summed E-state index contributed by atoms with van der Waals surface area (Å²) in [5.74, 6) is -0.820. The molecule has 2 rings (SSSR count). The summed E-state index contributed by atoms with van der Waals surface area (Å²) < 4.78 is 52.4. The van der Waals surface area contributed by atoms with Gasteiger partial charge in [0.05, 0.1) is 22.0 Å². The summed E-state index contributed by atoms with van der Waals surface area (Å²) in [7, 11) is 0. The SMILES string of the molecule is Nc1ccc(Nc2cccc(Cl)c2F)c(C(F)(F)F)c1. The van der Waals surface area contributed by atoms with E-state index in [1.54, 1.807) is 0 Å². The van der Waals surface area contributed by atoms with E-state index in [4.69, 9.17) is 17.3 Å². The number of alkyl halides is 3. The summed E-state index contributed by atoms with van der Waals surface area (Å²) in [4.78, 5) is 0. The molecule has 0 amide bonds. The zero-order chi connectivity index (χ0) is 14.9. The average Bonchev–Trinajstić information content (AvgIpc) is 2.36. The molecule has 2 nitrogen and oxygen atoms in total. The molecule has 0 atom stereocenters. The zero-order valence-corrected chi connectivity index (χ0v) is 10.7. The number of hydrogen-bond donors (Lipinski definition) is 2. The van der Waals surface area contributed by atoms with Gasteiger partial charge < -0.3 is 11.1 Å². The van der Waals surface area contributed by atoms with E-state index in [9.17, 15) is 17.6 Å². The molecule has 0 aliphatic heterocycles. The predicted molar refractivity (Wildman–Crippen MR) is 70.5 cm³/mol. The Morgan fingerprint density at radius 3 is 2.40 bits per heavy atom. The minimum absolute atomic E-state index is 0.0329. The van der Waals surface area contributed by atoms with Crippen LogP contribution in [0.2, 0.25) is 5.02 Å². The van der Waals surface area contributed by atoms with Crippen LogP contribution in [0.5, 0.6) is 0 Å². The molecule has 3 N–H and O–H groups in total. The molecule has 20 heavy (non-hydrogen) atoms. The van der Waals surface area contributed by atoms with Gasteiger partial charge in [0, 0.05) is 5.69 Å². The lowest BCUT2D eigenvalue weighted by Gasteiger charge is -2.15. The third kappa shape index (κ3) is 2.96. The van der Waals surface area contributed by atoms with Crippen LogP contribution in [0.15, 0.2) is 36.4 Å². The summed E-state index contributed by atoms with van der Waals surface area (Å²) in [6.45, 7) is 0. The van der Waals surface area contributed by atoms with Crippen LogP contribution in [0.3, 0.4) is 0 Å². The molecule has 106 valence electrons. The number of rotatable bonds is 2. The molecule has 0 aliphatic rings. The predicted octanol–water partition coefficient (Wildman–Crippen LogP) is 4.82. The smallest absolute Gasteiger partial charge is 0.399 e. The van der Waals surface area contributed by atoms with E-state index in [-0.39, 0.29) is 22.1 Å². The van der Waals surface area contributed by atoms with Crippen molar-refractivity contribution in [3.05, 3.63) is 52.8 Å². The first-order chi connectivity index (χ1) is 9.29.